The number of ether oxygens (including phenoxy) is 1. The van der Waals surface area contributed by atoms with E-state index >= 15 is 0 Å². The molecule has 0 radical (unpaired) electrons. The lowest BCUT2D eigenvalue weighted by Crippen LogP contribution is -2.42. The minimum atomic E-state index is -0.638. The number of carbonyl (C=O) groups is 3. The Morgan fingerprint density at radius 3 is 2.37 bits per heavy atom. The minimum Gasteiger partial charge on any atom is -0.452 e. The summed E-state index contributed by atoms with van der Waals surface area (Å²) in [7, 11) is 0. The normalized spacial score (nSPS) is 10.6. The van der Waals surface area contributed by atoms with Gasteiger partial charge >= 0.3 is 5.97 Å². The zero-order chi connectivity index (χ0) is 21.9. The molecule has 0 atom stereocenters. The highest BCUT2D eigenvalue weighted by molar-refractivity contribution is 5.90. The second kappa shape index (κ2) is 11.5. The summed E-state index contributed by atoms with van der Waals surface area (Å²) >= 11 is 0. The van der Waals surface area contributed by atoms with Crippen LogP contribution >= 0.6 is 0 Å². The Hall–Kier alpha value is -3.48. The second-order valence-corrected chi connectivity index (χ2v) is 6.66. The topological polar surface area (TPSA) is 75.7 Å². The molecule has 0 saturated carbocycles. The van der Waals surface area contributed by atoms with Crippen molar-refractivity contribution in [3.8, 4) is 0 Å². The summed E-state index contributed by atoms with van der Waals surface area (Å²) in [6.45, 7) is 3.60. The Kier molecular flexibility index (Phi) is 8.75. The molecule has 2 aromatic carbocycles. The van der Waals surface area contributed by atoms with Gasteiger partial charge in [-0.2, -0.15) is 0 Å². The number of nitrogens with one attached hydrogen (secondary N) is 1. The van der Waals surface area contributed by atoms with Crippen LogP contribution in [0.4, 0.5) is 4.39 Å². The van der Waals surface area contributed by atoms with Gasteiger partial charge in [-0.15, -0.1) is 0 Å². The van der Waals surface area contributed by atoms with Crippen molar-refractivity contribution < 1.29 is 23.5 Å². The van der Waals surface area contributed by atoms with Crippen molar-refractivity contribution in [3.63, 3.8) is 0 Å². The molecule has 0 unspecified atom stereocenters. The van der Waals surface area contributed by atoms with Gasteiger partial charge < -0.3 is 15.0 Å². The SMILES string of the molecule is CCN(CC(=O)NCc1ccc(F)cc1)C(=O)COC(=O)/C=C/c1ccc(C)cc1. The smallest absolute Gasteiger partial charge is 0.331 e. The van der Waals surface area contributed by atoms with Crippen LogP contribution in [0, 0.1) is 12.7 Å². The lowest BCUT2D eigenvalue weighted by molar-refractivity contribution is -0.148. The van der Waals surface area contributed by atoms with Crippen molar-refractivity contribution in [3.05, 3.63) is 77.1 Å². The van der Waals surface area contributed by atoms with E-state index in [1.807, 2.05) is 31.2 Å². The molecular weight excluding hydrogens is 387 g/mol. The third kappa shape index (κ3) is 7.87. The molecule has 0 fully saturated rings. The van der Waals surface area contributed by atoms with E-state index in [4.69, 9.17) is 4.74 Å². The highest BCUT2D eigenvalue weighted by Gasteiger charge is 2.16. The lowest BCUT2D eigenvalue weighted by Gasteiger charge is -2.20. The number of esters is 1. The molecule has 0 aliphatic heterocycles. The Morgan fingerprint density at radius 2 is 1.73 bits per heavy atom. The van der Waals surface area contributed by atoms with E-state index in [2.05, 4.69) is 5.32 Å². The van der Waals surface area contributed by atoms with Gasteiger partial charge in [-0.1, -0.05) is 42.0 Å². The highest BCUT2D eigenvalue weighted by atomic mass is 19.1. The Labute approximate surface area is 175 Å². The number of rotatable bonds is 9. The first-order valence-corrected chi connectivity index (χ1v) is 9.57. The fraction of sp³-hybridized carbons (Fsp3) is 0.261. The minimum absolute atomic E-state index is 0.159. The molecule has 6 nitrogen and oxygen atoms in total. The molecule has 7 heteroatoms. The van der Waals surface area contributed by atoms with Crippen LogP contribution in [-0.4, -0.2) is 42.4 Å². The quantitative estimate of drug-likeness (QED) is 0.508. The molecule has 2 amide bonds. The third-order valence-electron chi connectivity index (χ3n) is 4.30. The van der Waals surface area contributed by atoms with E-state index in [-0.39, 0.29) is 24.8 Å². The number of aryl methyl sites for hydroxylation is 1. The average molecular weight is 412 g/mol. The molecule has 0 spiro atoms. The number of likely N-dealkylation sites (N-methyl/N-ethyl adjacent to an activating group) is 1. The third-order valence-corrected chi connectivity index (χ3v) is 4.30. The fourth-order valence-electron chi connectivity index (χ4n) is 2.52. The molecule has 0 bridgehead atoms. The van der Waals surface area contributed by atoms with E-state index in [0.29, 0.717) is 6.54 Å². The van der Waals surface area contributed by atoms with E-state index in [1.165, 1.54) is 23.1 Å². The molecule has 2 aromatic rings. The first-order chi connectivity index (χ1) is 14.4. The van der Waals surface area contributed by atoms with Gasteiger partial charge in [-0.05, 0) is 43.2 Å². The molecule has 30 heavy (non-hydrogen) atoms. The lowest BCUT2D eigenvalue weighted by atomic mass is 10.1. The van der Waals surface area contributed by atoms with Crippen LogP contribution < -0.4 is 5.32 Å². The van der Waals surface area contributed by atoms with Crippen LogP contribution in [0.2, 0.25) is 0 Å². The van der Waals surface area contributed by atoms with Gasteiger partial charge in [0.2, 0.25) is 5.91 Å². The van der Waals surface area contributed by atoms with Crippen molar-refractivity contribution in [1.29, 1.82) is 0 Å². The largest absolute Gasteiger partial charge is 0.452 e. The Morgan fingerprint density at radius 1 is 1.07 bits per heavy atom. The predicted molar refractivity (Wildman–Crippen MR) is 112 cm³/mol. The van der Waals surface area contributed by atoms with Crippen molar-refractivity contribution in [1.82, 2.24) is 10.2 Å². The summed E-state index contributed by atoms with van der Waals surface area (Å²) in [5, 5.41) is 2.67. The molecule has 0 aliphatic rings. The maximum Gasteiger partial charge on any atom is 0.331 e. The Bertz CT molecular complexity index is 892. The summed E-state index contributed by atoms with van der Waals surface area (Å²) in [4.78, 5) is 37.4. The van der Waals surface area contributed by atoms with Gasteiger partial charge in [-0.25, -0.2) is 9.18 Å². The summed E-state index contributed by atoms with van der Waals surface area (Å²) in [6.07, 6.45) is 2.86. The maximum atomic E-state index is 12.9. The van der Waals surface area contributed by atoms with E-state index < -0.39 is 18.5 Å². The molecule has 158 valence electrons. The molecular formula is C23H25FN2O4. The van der Waals surface area contributed by atoms with Crippen LogP contribution in [0.3, 0.4) is 0 Å². The summed E-state index contributed by atoms with van der Waals surface area (Å²) < 4.78 is 17.9. The molecule has 0 heterocycles. The van der Waals surface area contributed by atoms with Gasteiger partial charge in [0.25, 0.3) is 5.91 Å². The zero-order valence-corrected chi connectivity index (χ0v) is 17.1. The number of nitrogens with zero attached hydrogens (tertiary/aromatic N) is 1. The predicted octanol–water partition coefficient (Wildman–Crippen LogP) is 2.86. The Balaban J connectivity index is 1.76. The fourth-order valence-corrected chi connectivity index (χ4v) is 2.52. The van der Waals surface area contributed by atoms with Crippen LogP contribution in [0.25, 0.3) is 6.08 Å². The zero-order valence-electron chi connectivity index (χ0n) is 17.1. The second-order valence-electron chi connectivity index (χ2n) is 6.66. The van der Waals surface area contributed by atoms with Crippen LogP contribution in [0.1, 0.15) is 23.6 Å². The maximum absolute atomic E-state index is 12.9. The number of carbonyl (C=O) groups excluding carboxylic acids is 3. The first kappa shape index (κ1) is 22.8. The first-order valence-electron chi connectivity index (χ1n) is 9.57. The van der Waals surface area contributed by atoms with E-state index in [0.717, 1.165) is 16.7 Å². The molecule has 0 aromatic heterocycles. The van der Waals surface area contributed by atoms with Crippen LogP contribution in [-0.2, 0) is 25.7 Å². The van der Waals surface area contributed by atoms with Gasteiger partial charge in [0.05, 0.1) is 6.54 Å². The number of halogens is 1. The van der Waals surface area contributed by atoms with Gasteiger partial charge in [0.15, 0.2) is 6.61 Å². The van der Waals surface area contributed by atoms with Crippen molar-refractivity contribution in [2.75, 3.05) is 19.7 Å². The van der Waals surface area contributed by atoms with Crippen molar-refractivity contribution in [2.45, 2.75) is 20.4 Å². The molecule has 2 rings (SSSR count). The van der Waals surface area contributed by atoms with E-state index in [9.17, 15) is 18.8 Å². The van der Waals surface area contributed by atoms with Crippen molar-refractivity contribution >= 4 is 23.9 Å². The average Bonchev–Trinajstić information content (AvgIpc) is 2.75. The number of amides is 2. The monoisotopic (exact) mass is 412 g/mol. The summed E-state index contributed by atoms with van der Waals surface area (Å²) in [5.41, 5.74) is 2.70. The van der Waals surface area contributed by atoms with Crippen molar-refractivity contribution in [2.24, 2.45) is 0 Å². The molecule has 0 saturated heterocycles. The van der Waals surface area contributed by atoms with Gasteiger partial charge in [0.1, 0.15) is 5.82 Å². The highest BCUT2D eigenvalue weighted by Crippen LogP contribution is 2.05. The number of hydrogen-bond donors (Lipinski definition) is 1. The molecule has 0 aliphatic carbocycles. The van der Waals surface area contributed by atoms with Gasteiger partial charge in [0, 0.05) is 19.2 Å². The number of hydrogen-bond acceptors (Lipinski definition) is 4. The van der Waals surface area contributed by atoms with Crippen LogP contribution in [0.15, 0.2) is 54.6 Å². The molecule has 1 N–H and O–H groups in total. The summed E-state index contributed by atoms with van der Waals surface area (Å²) in [6, 6.07) is 13.4. The van der Waals surface area contributed by atoms with Gasteiger partial charge in [-0.3, -0.25) is 9.59 Å². The standard InChI is InChI=1S/C23H25FN2O4/c1-3-26(15-21(27)25-14-19-8-11-20(24)12-9-19)22(28)16-30-23(29)13-10-18-6-4-17(2)5-7-18/h4-13H,3,14-16H2,1-2H3,(H,25,27)/b13-10+. The van der Waals surface area contributed by atoms with E-state index in [1.54, 1.807) is 25.1 Å². The number of benzene rings is 2. The van der Waals surface area contributed by atoms with Crippen LogP contribution in [0.5, 0.6) is 0 Å². The summed E-state index contributed by atoms with van der Waals surface area (Å²) in [5.74, 6) is -1.82.